The first-order valence-corrected chi connectivity index (χ1v) is 11.4. The third-order valence-corrected chi connectivity index (χ3v) is 5.07. The van der Waals surface area contributed by atoms with E-state index in [1.54, 1.807) is 6.92 Å². The van der Waals surface area contributed by atoms with Gasteiger partial charge in [0.25, 0.3) is 0 Å². The fourth-order valence-electron chi connectivity index (χ4n) is 2.75. The summed E-state index contributed by atoms with van der Waals surface area (Å²) < 4.78 is 0. The molecule has 0 aliphatic heterocycles. The third-order valence-electron chi connectivity index (χ3n) is 5.07. The highest BCUT2D eigenvalue weighted by molar-refractivity contribution is 5.66. The molecule has 0 bridgehead atoms. The second-order valence-corrected chi connectivity index (χ2v) is 8.85. The van der Waals surface area contributed by atoms with E-state index in [2.05, 4.69) is 13.8 Å². The van der Waals surface area contributed by atoms with E-state index in [0.29, 0.717) is 6.42 Å². The lowest BCUT2D eigenvalue weighted by Crippen LogP contribution is -2.29. The van der Waals surface area contributed by atoms with Gasteiger partial charge in [-0.25, -0.2) is 0 Å². The van der Waals surface area contributed by atoms with Crippen molar-refractivity contribution in [3.8, 4) is 0 Å². The zero-order valence-electron chi connectivity index (χ0n) is 18.8. The fraction of sp³-hybridized carbons (Fsp3) is 0.957. The highest BCUT2D eigenvalue weighted by Gasteiger charge is 2.20. The number of aliphatic hydroxyl groups is 3. The molecule has 0 aliphatic carbocycles. The zero-order chi connectivity index (χ0) is 21.7. The number of unbranched alkanes of at least 4 members (excludes halogenated alkanes) is 11. The first kappa shape index (κ1) is 29.6. The van der Waals surface area contributed by atoms with Gasteiger partial charge in [-0.2, -0.15) is 0 Å². The predicted molar refractivity (Wildman–Crippen MR) is 116 cm³/mol. The standard InChI is InChI=1S/C18H36O2.C5H12O3/c1-17(2)15-13-11-9-7-5-3-4-6-8-10-12-14-16-18(19)20;1-5(2-6,3-7)4-8/h17H,3-16H2,1-2H3,(H,19,20);6-8H,2-4H2,1H3. The number of aliphatic hydroxyl groups excluding tert-OH is 3. The van der Waals surface area contributed by atoms with E-state index in [-0.39, 0.29) is 19.8 Å². The van der Waals surface area contributed by atoms with E-state index < -0.39 is 11.4 Å². The van der Waals surface area contributed by atoms with Crippen LogP contribution in [0.25, 0.3) is 0 Å². The lowest BCUT2D eigenvalue weighted by Gasteiger charge is -2.20. The average molecular weight is 405 g/mol. The van der Waals surface area contributed by atoms with Crippen LogP contribution in [0.1, 0.15) is 111 Å². The topological polar surface area (TPSA) is 98.0 Å². The molecule has 0 radical (unpaired) electrons. The van der Waals surface area contributed by atoms with Crippen LogP contribution in [0.2, 0.25) is 0 Å². The Bertz CT molecular complexity index is 319. The van der Waals surface area contributed by atoms with Crippen molar-refractivity contribution in [3.05, 3.63) is 0 Å². The van der Waals surface area contributed by atoms with Crippen LogP contribution in [0.15, 0.2) is 0 Å². The van der Waals surface area contributed by atoms with Crippen LogP contribution in [0.3, 0.4) is 0 Å². The second-order valence-electron chi connectivity index (χ2n) is 8.85. The van der Waals surface area contributed by atoms with Gasteiger partial charge in [-0.05, 0) is 12.3 Å². The molecule has 0 saturated carbocycles. The number of carbonyl (C=O) groups is 1. The van der Waals surface area contributed by atoms with Crippen LogP contribution in [-0.4, -0.2) is 46.2 Å². The van der Waals surface area contributed by atoms with Gasteiger partial charge in [-0.1, -0.05) is 97.8 Å². The molecule has 0 fully saturated rings. The lowest BCUT2D eigenvalue weighted by molar-refractivity contribution is -0.137. The molecule has 5 heteroatoms. The van der Waals surface area contributed by atoms with Crippen LogP contribution in [0.5, 0.6) is 0 Å². The smallest absolute Gasteiger partial charge is 0.303 e. The minimum absolute atomic E-state index is 0.181. The SMILES string of the molecule is CC(C)CCCCCCCCCCCCCCC(=O)O.CC(CO)(CO)CO. The van der Waals surface area contributed by atoms with Gasteiger partial charge in [-0.15, -0.1) is 0 Å². The number of rotatable bonds is 18. The Labute approximate surface area is 173 Å². The number of aliphatic carboxylic acids is 1. The normalized spacial score (nSPS) is 11.4. The summed E-state index contributed by atoms with van der Waals surface area (Å²) in [5, 5.41) is 33.9. The summed E-state index contributed by atoms with van der Waals surface area (Å²) in [4.78, 5) is 10.3. The van der Waals surface area contributed by atoms with E-state index in [1.807, 2.05) is 0 Å². The van der Waals surface area contributed by atoms with Crippen LogP contribution in [0, 0.1) is 11.3 Å². The van der Waals surface area contributed by atoms with Gasteiger partial charge in [0.15, 0.2) is 0 Å². The van der Waals surface area contributed by atoms with Crippen molar-refractivity contribution in [1.82, 2.24) is 0 Å². The van der Waals surface area contributed by atoms with E-state index in [9.17, 15) is 4.79 Å². The molecule has 0 unspecified atom stereocenters. The quantitative estimate of drug-likeness (QED) is 0.237. The highest BCUT2D eigenvalue weighted by Crippen LogP contribution is 2.14. The molecule has 0 atom stereocenters. The molecule has 4 N–H and O–H groups in total. The maximum atomic E-state index is 10.3. The van der Waals surface area contributed by atoms with Crippen LogP contribution in [0.4, 0.5) is 0 Å². The zero-order valence-corrected chi connectivity index (χ0v) is 18.8. The molecule has 28 heavy (non-hydrogen) atoms. The Morgan fingerprint density at radius 3 is 1.25 bits per heavy atom. The first-order valence-electron chi connectivity index (χ1n) is 11.4. The number of hydrogen-bond donors (Lipinski definition) is 4. The maximum absolute atomic E-state index is 10.3. The molecule has 0 aromatic rings. The fourth-order valence-corrected chi connectivity index (χ4v) is 2.75. The van der Waals surface area contributed by atoms with Crippen LogP contribution in [-0.2, 0) is 4.79 Å². The molecule has 0 aliphatic rings. The van der Waals surface area contributed by atoms with E-state index >= 15 is 0 Å². The molecule has 0 amide bonds. The second kappa shape index (κ2) is 21.1. The molecular formula is C23H48O5. The summed E-state index contributed by atoms with van der Waals surface area (Å²) in [6, 6.07) is 0. The Morgan fingerprint density at radius 2 is 1.00 bits per heavy atom. The summed E-state index contributed by atoms with van der Waals surface area (Å²) in [7, 11) is 0. The Balaban J connectivity index is 0. The van der Waals surface area contributed by atoms with Gasteiger partial charge >= 0.3 is 5.97 Å². The van der Waals surface area contributed by atoms with Crippen molar-refractivity contribution in [1.29, 1.82) is 0 Å². The van der Waals surface area contributed by atoms with Crippen molar-refractivity contribution in [3.63, 3.8) is 0 Å². The van der Waals surface area contributed by atoms with Gasteiger partial charge in [0.2, 0.25) is 0 Å². The monoisotopic (exact) mass is 404 g/mol. The summed E-state index contributed by atoms with van der Waals surface area (Å²) in [5.74, 6) is 0.212. The highest BCUT2D eigenvalue weighted by atomic mass is 16.4. The Hall–Kier alpha value is -0.650. The van der Waals surface area contributed by atoms with Gasteiger partial charge < -0.3 is 20.4 Å². The van der Waals surface area contributed by atoms with Crippen molar-refractivity contribution < 1.29 is 25.2 Å². The van der Waals surface area contributed by atoms with Crippen molar-refractivity contribution in [2.24, 2.45) is 11.3 Å². The molecule has 5 nitrogen and oxygen atoms in total. The predicted octanol–water partition coefficient (Wildman–Crippen LogP) is 5.16. The number of hydrogen-bond acceptors (Lipinski definition) is 4. The third kappa shape index (κ3) is 23.4. The largest absolute Gasteiger partial charge is 0.481 e. The van der Waals surface area contributed by atoms with Gasteiger partial charge in [0.1, 0.15) is 0 Å². The summed E-state index contributed by atoms with van der Waals surface area (Å²) in [5.41, 5.74) is -0.708. The number of carboxylic acids is 1. The molecule has 170 valence electrons. The van der Waals surface area contributed by atoms with Crippen molar-refractivity contribution >= 4 is 5.97 Å². The molecule has 0 heterocycles. The summed E-state index contributed by atoms with van der Waals surface area (Å²) in [6.07, 6.45) is 17.3. The molecule has 0 aromatic carbocycles. The van der Waals surface area contributed by atoms with E-state index in [1.165, 1.54) is 70.6 Å². The minimum atomic E-state index is -0.708. The molecule has 0 aromatic heterocycles. The Kier molecular flexibility index (Phi) is 22.2. The maximum Gasteiger partial charge on any atom is 0.303 e. The van der Waals surface area contributed by atoms with Gasteiger partial charge in [0, 0.05) is 11.8 Å². The van der Waals surface area contributed by atoms with Crippen LogP contribution < -0.4 is 0 Å². The van der Waals surface area contributed by atoms with Gasteiger partial charge in [0.05, 0.1) is 19.8 Å². The Morgan fingerprint density at radius 1 is 0.679 bits per heavy atom. The lowest BCUT2D eigenvalue weighted by atomic mass is 9.95. The summed E-state index contributed by atoms with van der Waals surface area (Å²) in [6.45, 7) is 5.68. The summed E-state index contributed by atoms with van der Waals surface area (Å²) >= 11 is 0. The van der Waals surface area contributed by atoms with Crippen molar-refractivity contribution in [2.45, 2.75) is 111 Å². The number of carboxylic acid groups (broad SMARTS) is 1. The van der Waals surface area contributed by atoms with Crippen molar-refractivity contribution in [2.75, 3.05) is 19.8 Å². The van der Waals surface area contributed by atoms with Gasteiger partial charge in [-0.3, -0.25) is 4.79 Å². The minimum Gasteiger partial charge on any atom is -0.481 e. The average Bonchev–Trinajstić information content (AvgIpc) is 2.67. The van der Waals surface area contributed by atoms with E-state index in [4.69, 9.17) is 20.4 Å². The van der Waals surface area contributed by atoms with Crippen LogP contribution >= 0.6 is 0 Å². The molecular weight excluding hydrogens is 356 g/mol. The molecule has 0 spiro atoms. The molecule has 0 saturated heterocycles. The molecule has 0 rings (SSSR count). The van der Waals surface area contributed by atoms with E-state index in [0.717, 1.165) is 18.8 Å². The first-order chi connectivity index (χ1) is 13.3.